The molecule has 0 N–H and O–H groups in total. The summed E-state index contributed by atoms with van der Waals surface area (Å²) in [7, 11) is 0. The fourth-order valence-electron chi connectivity index (χ4n) is 1.61. The summed E-state index contributed by atoms with van der Waals surface area (Å²) in [6.07, 6.45) is 1.23. The normalized spacial score (nSPS) is 10.6. The quantitative estimate of drug-likeness (QED) is 0.602. The number of benzene rings is 1. The molecule has 1 aromatic carbocycles. The number of carbonyl (C=O) groups is 2. The Hall–Kier alpha value is -1.55. The molecule has 1 heterocycles. The topological polar surface area (TPSA) is 47.0 Å². The summed E-state index contributed by atoms with van der Waals surface area (Å²) in [6, 6.07) is 7.60. The van der Waals surface area contributed by atoms with E-state index in [0.29, 0.717) is 11.4 Å². The maximum absolute atomic E-state index is 11.8. The Morgan fingerprint density at radius 3 is 2.76 bits per heavy atom. The van der Waals surface area contributed by atoms with Gasteiger partial charge in [0.1, 0.15) is 5.78 Å². The molecule has 17 heavy (non-hydrogen) atoms. The largest absolute Gasteiger partial charge is 0.299 e. The summed E-state index contributed by atoms with van der Waals surface area (Å²) < 4.78 is 0.985. The van der Waals surface area contributed by atoms with Crippen LogP contribution in [-0.4, -0.2) is 16.6 Å². The van der Waals surface area contributed by atoms with Crippen LogP contribution in [0.25, 0.3) is 10.2 Å². The lowest BCUT2D eigenvalue weighted by atomic mass is 10.1. The van der Waals surface area contributed by atoms with E-state index in [9.17, 15) is 9.59 Å². The molecular formula is C13H13NO2S. The van der Waals surface area contributed by atoms with Crippen molar-refractivity contribution in [3.8, 4) is 0 Å². The highest BCUT2D eigenvalue weighted by molar-refractivity contribution is 7.20. The maximum Gasteiger partial charge on any atom is 0.198 e. The molecular weight excluding hydrogens is 234 g/mol. The van der Waals surface area contributed by atoms with Crippen LogP contribution in [0.1, 0.15) is 36.0 Å². The van der Waals surface area contributed by atoms with Crippen molar-refractivity contribution in [2.75, 3.05) is 0 Å². The first-order valence-electron chi connectivity index (χ1n) is 5.61. The fraction of sp³-hybridized carbons (Fsp3) is 0.308. The second-order valence-electron chi connectivity index (χ2n) is 3.88. The molecule has 0 unspecified atom stereocenters. The monoisotopic (exact) mass is 247 g/mol. The maximum atomic E-state index is 11.8. The molecule has 0 saturated heterocycles. The first-order valence-corrected chi connectivity index (χ1v) is 6.43. The summed E-state index contributed by atoms with van der Waals surface area (Å²) in [5.74, 6) is -0.165. The molecule has 2 aromatic rings. The van der Waals surface area contributed by atoms with Gasteiger partial charge in [0, 0.05) is 6.42 Å². The van der Waals surface area contributed by atoms with Gasteiger partial charge >= 0.3 is 0 Å². The lowest BCUT2D eigenvalue weighted by Gasteiger charge is -1.95. The standard InChI is InChI=1S/C13H13NO2S/c1-2-5-9(15)8-11(16)13-14-10-6-3-4-7-12(10)17-13/h3-4,6-7H,2,5,8H2,1H3. The van der Waals surface area contributed by atoms with Crippen molar-refractivity contribution in [2.45, 2.75) is 26.2 Å². The smallest absolute Gasteiger partial charge is 0.198 e. The molecule has 0 aliphatic rings. The Kier molecular flexibility index (Phi) is 3.64. The van der Waals surface area contributed by atoms with E-state index in [0.717, 1.165) is 16.6 Å². The van der Waals surface area contributed by atoms with E-state index in [-0.39, 0.29) is 18.0 Å². The highest BCUT2D eigenvalue weighted by atomic mass is 32.1. The van der Waals surface area contributed by atoms with E-state index < -0.39 is 0 Å². The Morgan fingerprint density at radius 2 is 2.06 bits per heavy atom. The third-order valence-corrected chi connectivity index (χ3v) is 3.50. The van der Waals surface area contributed by atoms with Crippen LogP contribution in [0.5, 0.6) is 0 Å². The number of rotatable bonds is 5. The molecule has 4 heteroatoms. The minimum absolute atomic E-state index is 0.00300. The van der Waals surface area contributed by atoms with Crippen molar-refractivity contribution < 1.29 is 9.59 Å². The lowest BCUT2D eigenvalue weighted by molar-refractivity contribution is -0.118. The summed E-state index contributed by atoms with van der Waals surface area (Å²) >= 11 is 1.35. The predicted octanol–water partition coefficient (Wildman–Crippen LogP) is 3.24. The van der Waals surface area contributed by atoms with Gasteiger partial charge < -0.3 is 0 Å². The minimum atomic E-state index is -0.162. The molecule has 0 atom stereocenters. The molecule has 0 radical (unpaired) electrons. The highest BCUT2D eigenvalue weighted by Crippen LogP contribution is 2.22. The van der Waals surface area contributed by atoms with Crippen LogP contribution in [-0.2, 0) is 4.79 Å². The molecule has 0 bridgehead atoms. The number of hydrogen-bond donors (Lipinski definition) is 0. The number of aromatic nitrogens is 1. The number of ketones is 2. The van der Waals surface area contributed by atoms with Gasteiger partial charge in [0.25, 0.3) is 0 Å². The molecule has 0 amide bonds. The van der Waals surface area contributed by atoms with Crippen LogP contribution in [0.2, 0.25) is 0 Å². The van der Waals surface area contributed by atoms with Crippen molar-refractivity contribution in [2.24, 2.45) is 0 Å². The van der Waals surface area contributed by atoms with Crippen LogP contribution < -0.4 is 0 Å². The zero-order valence-electron chi connectivity index (χ0n) is 9.60. The number of thiazole rings is 1. The molecule has 1 aromatic heterocycles. The molecule has 0 aliphatic carbocycles. The van der Waals surface area contributed by atoms with Crippen LogP contribution in [0, 0.1) is 0 Å². The first kappa shape index (κ1) is 11.9. The zero-order valence-corrected chi connectivity index (χ0v) is 10.4. The summed E-state index contributed by atoms with van der Waals surface area (Å²) in [6.45, 7) is 1.93. The molecule has 0 fully saturated rings. The van der Waals surface area contributed by atoms with Gasteiger partial charge in [-0.1, -0.05) is 19.1 Å². The van der Waals surface area contributed by atoms with Gasteiger partial charge in [-0.3, -0.25) is 9.59 Å². The van der Waals surface area contributed by atoms with Crippen molar-refractivity contribution in [3.05, 3.63) is 29.3 Å². The van der Waals surface area contributed by atoms with Crippen LogP contribution >= 0.6 is 11.3 Å². The number of hydrogen-bond acceptors (Lipinski definition) is 4. The Labute approximate surface area is 103 Å². The first-order chi connectivity index (χ1) is 8.20. The molecule has 3 nitrogen and oxygen atoms in total. The Bertz CT molecular complexity index is 526. The number of carbonyl (C=O) groups excluding carboxylic acids is 2. The average Bonchev–Trinajstić information content (AvgIpc) is 2.72. The van der Waals surface area contributed by atoms with Gasteiger partial charge in [0.15, 0.2) is 10.8 Å². The van der Waals surface area contributed by atoms with Gasteiger partial charge in [-0.2, -0.15) is 0 Å². The average molecular weight is 247 g/mol. The van der Waals surface area contributed by atoms with Crippen molar-refractivity contribution in [1.29, 1.82) is 0 Å². The van der Waals surface area contributed by atoms with E-state index in [1.54, 1.807) is 0 Å². The Morgan fingerprint density at radius 1 is 1.29 bits per heavy atom. The minimum Gasteiger partial charge on any atom is -0.299 e. The van der Waals surface area contributed by atoms with Gasteiger partial charge in [-0.05, 0) is 18.6 Å². The van der Waals surface area contributed by atoms with Crippen LogP contribution in [0.4, 0.5) is 0 Å². The van der Waals surface area contributed by atoms with Gasteiger partial charge in [-0.15, -0.1) is 11.3 Å². The second-order valence-corrected chi connectivity index (χ2v) is 4.91. The lowest BCUT2D eigenvalue weighted by Crippen LogP contribution is -2.07. The van der Waals surface area contributed by atoms with E-state index >= 15 is 0 Å². The third-order valence-electron chi connectivity index (χ3n) is 2.42. The third kappa shape index (κ3) is 2.77. The van der Waals surface area contributed by atoms with Crippen molar-refractivity contribution in [3.63, 3.8) is 0 Å². The Balaban J connectivity index is 2.16. The van der Waals surface area contributed by atoms with Crippen molar-refractivity contribution in [1.82, 2.24) is 4.98 Å². The van der Waals surface area contributed by atoms with Gasteiger partial charge in [0.05, 0.1) is 16.6 Å². The summed E-state index contributed by atoms with van der Waals surface area (Å²) in [5, 5.41) is 0.440. The predicted molar refractivity (Wildman–Crippen MR) is 68.5 cm³/mol. The van der Waals surface area contributed by atoms with Crippen molar-refractivity contribution >= 4 is 33.1 Å². The highest BCUT2D eigenvalue weighted by Gasteiger charge is 2.15. The zero-order chi connectivity index (χ0) is 12.3. The fourth-order valence-corrected chi connectivity index (χ4v) is 2.52. The van der Waals surface area contributed by atoms with E-state index in [4.69, 9.17) is 0 Å². The molecule has 0 aliphatic heterocycles. The van der Waals surface area contributed by atoms with Crippen LogP contribution in [0.3, 0.4) is 0 Å². The number of nitrogens with zero attached hydrogens (tertiary/aromatic N) is 1. The molecule has 88 valence electrons. The number of para-hydroxylation sites is 1. The molecule has 0 saturated carbocycles. The van der Waals surface area contributed by atoms with E-state index in [1.165, 1.54) is 11.3 Å². The van der Waals surface area contributed by atoms with E-state index in [1.807, 2.05) is 31.2 Å². The second kappa shape index (κ2) is 5.19. The van der Waals surface area contributed by atoms with Crippen LogP contribution in [0.15, 0.2) is 24.3 Å². The molecule has 2 rings (SSSR count). The summed E-state index contributed by atoms with van der Waals surface area (Å²) in [4.78, 5) is 27.5. The van der Waals surface area contributed by atoms with Gasteiger partial charge in [0.2, 0.25) is 0 Å². The summed E-state index contributed by atoms with van der Waals surface area (Å²) in [5.41, 5.74) is 0.823. The number of fused-ring (bicyclic) bond motifs is 1. The number of Topliss-reactive ketones (excluding diaryl/α,β-unsaturated/α-hetero) is 2. The van der Waals surface area contributed by atoms with E-state index in [2.05, 4.69) is 4.98 Å². The SMILES string of the molecule is CCCC(=O)CC(=O)c1nc2ccccc2s1. The van der Waals surface area contributed by atoms with Gasteiger partial charge in [-0.25, -0.2) is 4.98 Å². The molecule has 0 spiro atoms.